The van der Waals surface area contributed by atoms with E-state index in [1.54, 1.807) is 6.20 Å². The van der Waals surface area contributed by atoms with E-state index in [9.17, 15) is 0 Å². The number of aromatic amines is 1. The first-order valence-corrected chi connectivity index (χ1v) is 5.24. The van der Waals surface area contributed by atoms with Crippen LogP contribution in [0.25, 0.3) is 11.3 Å². The van der Waals surface area contributed by atoms with Crippen molar-refractivity contribution >= 4 is 5.69 Å². The first-order chi connectivity index (χ1) is 7.40. The van der Waals surface area contributed by atoms with Crippen LogP contribution in [0.4, 0.5) is 5.69 Å². The zero-order valence-corrected chi connectivity index (χ0v) is 8.83. The molecule has 0 saturated carbocycles. The number of H-pyrrole nitrogens is 1. The van der Waals surface area contributed by atoms with Crippen molar-refractivity contribution in [3.63, 3.8) is 0 Å². The molecule has 78 valence electrons. The number of hydrogen-bond donors (Lipinski definition) is 2. The fourth-order valence-electron chi connectivity index (χ4n) is 1.48. The molecule has 0 unspecified atom stereocenters. The second kappa shape index (κ2) is 4.64. The van der Waals surface area contributed by atoms with Crippen molar-refractivity contribution in [2.24, 2.45) is 0 Å². The van der Waals surface area contributed by atoms with Gasteiger partial charge in [-0.2, -0.15) is 5.10 Å². The SMILES string of the molecule is CCCNc1cccc(-c2ccn[nH]2)c1. The minimum atomic E-state index is 1.01. The van der Waals surface area contributed by atoms with Crippen molar-refractivity contribution in [2.45, 2.75) is 13.3 Å². The minimum Gasteiger partial charge on any atom is -0.385 e. The monoisotopic (exact) mass is 201 g/mol. The molecular formula is C12H15N3. The fraction of sp³-hybridized carbons (Fsp3) is 0.250. The summed E-state index contributed by atoms with van der Waals surface area (Å²) in [5, 5.41) is 10.3. The van der Waals surface area contributed by atoms with E-state index in [2.05, 4.69) is 40.6 Å². The summed E-state index contributed by atoms with van der Waals surface area (Å²) in [5.41, 5.74) is 3.37. The second-order valence-corrected chi connectivity index (χ2v) is 3.48. The van der Waals surface area contributed by atoms with Crippen molar-refractivity contribution < 1.29 is 0 Å². The molecule has 3 heteroatoms. The van der Waals surface area contributed by atoms with E-state index in [-0.39, 0.29) is 0 Å². The van der Waals surface area contributed by atoms with E-state index >= 15 is 0 Å². The summed E-state index contributed by atoms with van der Waals surface area (Å²) in [6, 6.07) is 10.3. The van der Waals surface area contributed by atoms with Crippen LogP contribution >= 0.6 is 0 Å². The second-order valence-electron chi connectivity index (χ2n) is 3.48. The summed E-state index contributed by atoms with van der Waals surface area (Å²) < 4.78 is 0. The number of rotatable bonds is 4. The summed E-state index contributed by atoms with van der Waals surface area (Å²) >= 11 is 0. The average molecular weight is 201 g/mol. The van der Waals surface area contributed by atoms with Gasteiger partial charge in [0.05, 0.1) is 5.69 Å². The van der Waals surface area contributed by atoms with Crippen LogP contribution < -0.4 is 5.32 Å². The van der Waals surface area contributed by atoms with Gasteiger partial charge in [0.2, 0.25) is 0 Å². The minimum absolute atomic E-state index is 1.01. The predicted molar refractivity (Wildman–Crippen MR) is 62.8 cm³/mol. The molecule has 1 heterocycles. The topological polar surface area (TPSA) is 40.7 Å². The lowest BCUT2D eigenvalue weighted by Crippen LogP contribution is -1.99. The normalized spacial score (nSPS) is 10.2. The van der Waals surface area contributed by atoms with Crippen molar-refractivity contribution in [3.05, 3.63) is 36.5 Å². The Bertz CT molecular complexity index is 407. The van der Waals surface area contributed by atoms with Gasteiger partial charge in [0.1, 0.15) is 0 Å². The first kappa shape index (κ1) is 9.77. The molecule has 3 nitrogen and oxygen atoms in total. The van der Waals surface area contributed by atoms with Gasteiger partial charge in [-0.05, 0) is 24.6 Å². The maximum Gasteiger partial charge on any atom is 0.0650 e. The van der Waals surface area contributed by atoms with E-state index in [0.717, 1.165) is 29.9 Å². The van der Waals surface area contributed by atoms with Gasteiger partial charge in [-0.1, -0.05) is 19.1 Å². The van der Waals surface area contributed by atoms with Crippen LogP contribution in [0.3, 0.4) is 0 Å². The zero-order valence-electron chi connectivity index (χ0n) is 8.83. The summed E-state index contributed by atoms with van der Waals surface area (Å²) in [6.07, 6.45) is 2.90. The Balaban J connectivity index is 2.19. The van der Waals surface area contributed by atoms with Gasteiger partial charge in [0.25, 0.3) is 0 Å². The standard InChI is InChI=1S/C12H15N3/c1-2-7-13-11-5-3-4-10(9-11)12-6-8-14-15-12/h3-6,8-9,13H,2,7H2,1H3,(H,14,15). The molecule has 0 radical (unpaired) electrons. The summed E-state index contributed by atoms with van der Waals surface area (Å²) in [7, 11) is 0. The van der Waals surface area contributed by atoms with Crippen LogP contribution in [0.2, 0.25) is 0 Å². The molecule has 0 bridgehead atoms. The molecule has 0 amide bonds. The Morgan fingerprint density at radius 1 is 1.33 bits per heavy atom. The fourth-order valence-corrected chi connectivity index (χ4v) is 1.48. The lowest BCUT2D eigenvalue weighted by Gasteiger charge is -2.05. The van der Waals surface area contributed by atoms with Gasteiger partial charge in [-0.15, -0.1) is 0 Å². The Morgan fingerprint density at radius 3 is 3.00 bits per heavy atom. The molecule has 15 heavy (non-hydrogen) atoms. The summed E-state index contributed by atoms with van der Waals surface area (Å²) in [6.45, 7) is 3.16. The van der Waals surface area contributed by atoms with Crippen molar-refractivity contribution in [3.8, 4) is 11.3 Å². The van der Waals surface area contributed by atoms with Crippen LogP contribution in [0.1, 0.15) is 13.3 Å². The molecule has 0 aliphatic carbocycles. The summed E-state index contributed by atoms with van der Waals surface area (Å²) in [4.78, 5) is 0. The number of benzene rings is 1. The summed E-state index contributed by atoms with van der Waals surface area (Å²) in [5.74, 6) is 0. The zero-order chi connectivity index (χ0) is 10.5. The third-order valence-electron chi connectivity index (χ3n) is 2.25. The average Bonchev–Trinajstić information content (AvgIpc) is 2.80. The van der Waals surface area contributed by atoms with Crippen molar-refractivity contribution in [1.82, 2.24) is 10.2 Å². The van der Waals surface area contributed by atoms with Crippen LogP contribution in [-0.2, 0) is 0 Å². The van der Waals surface area contributed by atoms with E-state index in [1.807, 2.05) is 12.1 Å². The molecule has 2 N–H and O–H groups in total. The van der Waals surface area contributed by atoms with Gasteiger partial charge in [0.15, 0.2) is 0 Å². The largest absolute Gasteiger partial charge is 0.385 e. The smallest absolute Gasteiger partial charge is 0.0650 e. The Hall–Kier alpha value is -1.77. The number of hydrogen-bond acceptors (Lipinski definition) is 2. The third kappa shape index (κ3) is 2.37. The molecular weight excluding hydrogens is 186 g/mol. The molecule has 2 aromatic rings. The Kier molecular flexibility index (Phi) is 3.02. The van der Waals surface area contributed by atoms with Crippen LogP contribution in [-0.4, -0.2) is 16.7 Å². The first-order valence-electron chi connectivity index (χ1n) is 5.24. The number of nitrogens with one attached hydrogen (secondary N) is 2. The van der Waals surface area contributed by atoms with Gasteiger partial charge in [-0.3, -0.25) is 5.10 Å². The van der Waals surface area contributed by atoms with E-state index in [4.69, 9.17) is 0 Å². The molecule has 0 spiro atoms. The number of aromatic nitrogens is 2. The third-order valence-corrected chi connectivity index (χ3v) is 2.25. The molecule has 0 aliphatic rings. The molecule has 0 aliphatic heterocycles. The maximum atomic E-state index is 3.94. The highest BCUT2D eigenvalue weighted by Gasteiger charge is 1.99. The molecule has 0 atom stereocenters. The molecule has 1 aromatic carbocycles. The lowest BCUT2D eigenvalue weighted by atomic mass is 10.1. The lowest BCUT2D eigenvalue weighted by molar-refractivity contribution is 0.980. The molecule has 2 rings (SSSR count). The van der Waals surface area contributed by atoms with E-state index in [0.29, 0.717) is 0 Å². The maximum absolute atomic E-state index is 3.94. The highest BCUT2D eigenvalue weighted by molar-refractivity contribution is 5.64. The predicted octanol–water partition coefficient (Wildman–Crippen LogP) is 2.90. The Morgan fingerprint density at radius 2 is 2.27 bits per heavy atom. The Labute approximate surface area is 89.5 Å². The van der Waals surface area contributed by atoms with Gasteiger partial charge in [0, 0.05) is 24.0 Å². The highest BCUT2D eigenvalue weighted by atomic mass is 15.1. The van der Waals surface area contributed by atoms with Crippen LogP contribution in [0.5, 0.6) is 0 Å². The van der Waals surface area contributed by atoms with Crippen LogP contribution in [0, 0.1) is 0 Å². The molecule has 0 saturated heterocycles. The van der Waals surface area contributed by atoms with E-state index < -0.39 is 0 Å². The number of nitrogens with zero attached hydrogens (tertiary/aromatic N) is 1. The van der Waals surface area contributed by atoms with E-state index in [1.165, 1.54) is 0 Å². The highest BCUT2D eigenvalue weighted by Crippen LogP contribution is 2.19. The quantitative estimate of drug-likeness (QED) is 0.798. The van der Waals surface area contributed by atoms with Gasteiger partial charge in [-0.25, -0.2) is 0 Å². The van der Waals surface area contributed by atoms with Crippen LogP contribution in [0.15, 0.2) is 36.5 Å². The van der Waals surface area contributed by atoms with Gasteiger partial charge >= 0.3 is 0 Å². The van der Waals surface area contributed by atoms with Crippen molar-refractivity contribution in [2.75, 3.05) is 11.9 Å². The molecule has 1 aromatic heterocycles. The van der Waals surface area contributed by atoms with Gasteiger partial charge < -0.3 is 5.32 Å². The molecule has 0 fully saturated rings. The van der Waals surface area contributed by atoms with Crippen molar-refractivity contribution in [1.29, 1.82) is 0 Å². The number of anilines is 1.